The van der Waals surface area contributed by atoms with Gasteiger partial charge in [0.1, 0.15) is 0 Å². The van der Waals surface area contributed by atoms with E-state index < -0.39 is 0 Å². The molecule has 0 spiro atoms. The minimum atomic E-state index is -0.0814. The SMILES string of the molecule is Cc1cccc(CNC(=O)c2cccnc2C)c1. The van der Waals surface area contributed by atoms with Crippen LogP contribution in [0, 0.1) is 13.8 Å². The van der Waals surface area contributed by atoms with Crippen LogP contribution in [0.3, 0.4) is 0 Å². The zero-order valence-corrected chi connectivity index (χ0v) is 10.6. The van der Waals surface area contributed by atoms with Crippen molar-refractivity contribution in [3.05, 3.63) is 65.0 Å². The number of rotatable bonds is 3. The lowest BCUT2D eigenvalue weighted by Gasteiger charge is -2.07. The summed E-state index contributed by atoms with van der Waals surface area (Å²) in [5.41, 5.74) is 3.67. The van der Waals surface area contributed by atoms with Crippen LogP contribution < -0.4 is 5.32 Å². The van der Waals surface area contributed by atoms with Gasteiger partial charge < -0.3 is 5.32 Å². The first-order chi connectivity index (χ1) is 8.66. The molecular formula is C15H16N2O. The molecule has 2 aromatic rings. The highest BCUT2D eigenvalue weighted by molar-refractivity contribution is 5.95. The number of nitrogens with zero attached hydrogens (tertiary/aromatic N) is 1. The van der Waals surface area contributed by atoms with Gasteiger partial charge in [-0.25, -0.2) is 0 Å². The van der Waals surface area contributed by atoms with Gasteiger partial charge in [-0.3, -0.25) is 9.78 Å². The number of carbonyl (C=O) groups is 1. The van der Waals surface area contributed by atoms with E-state index in [4.69, 9.17) is 0 Å². The molecule has 3 heteroatoms. The maximum absolute atomic E-state index is 12.0. The lowest BCUT2D eigenvalue weighted by molar-refractivity contribution is 0.0950. The lowest BCUT2D eigenvalue weighted by atomic mass is 10.1. The predicted molar refractivity (Wildman–Crippen MR) is 71.3 cm³/mol. The molecule has 18 heavy (non-hydrogen) atoms. The van der Waals surface area contributed by atoms with Crippen LogP contribution in [-0.2, 0) is 6.54 Å². The molecule has 2 rings (SSSR count). The Morgan fingerprint density at radius 2 is 2.06 bits per heavy atom. The van der Waals surface area contributed by atoms with Crippen molar-refractivity contribution in [2.45, 2.75) is 20.4 Å². The van der Waals surface area contributed by atoms with E-state index in [1.165, 1.54) is 5.56 Å². The fraction of sp³-hybridized carbons (Fsp3) is 0.200. The van der Waals surface area contributed by atoms with Gasteiger partial charge >= 0.3 is 0 Å². The quantitative estimate of drug-likeness (QED) is 0.896. The van der Waals surface area contributed by atoms with Gasteiger partial charge in [-0.1, -0.05) is 29.8 Å². The van der Waals surface area contributed by atoms with E-state index >= 15 is 0 Å². The Balaban J connectivity index is 2.03. The Kier molecular flexibility index (Phi) is 3.72. The molecule has 1 amide bonds. The molecule has 92 valence electrons. The van der Waals surface area contributed by atoms with Crippen molar-refractivity contribution in [1.82, 2.24) is 10.3 Å². The van der Waals surface area contributed by atoms with Crippen molar-refractivity contribution in [2.75, 3.05) is 0 Å². The smallest absolute Gasteiger partial charge is 0.253 e. The zero-order chi connectivity index (χ0) is 13.0. The topological polar surface area (TPSA) is 42.0 Å². The first-order valence-electron chi connectivity index (χ1n) is 5.92. The van der Waals surface area contributed by atoms with Gasteiger partial charge in [-0.15, -0.1) is 0 Å². The molecule has 1 aromatic heterocycles. The van der Waals surface area contributed by atoms with Crippen molar-refractivity contribution in [3.8, 4) is 0 Å². The summed E-state index contributed by atoms with van der Waals surface area (Å²) >= 11 is 0. The molecule has 0 atom stereocenters. The molecule has 0 aliphatic heterocycles. The minimum absolute atomic E-state index is 0.0814. The van der Waals surface area contributed by atoms with Gasteiger partial charge in [0.2, 0.25) is 0 Å². The number of carbonyl (C=O) groups excluding carboxylic acids is 1. The fourth-order valence-corrected chi connectivity index (χ4v) is 1.82. The number of hydrogen-bond acceptors (Lipinski definition) is 2. The van der Waals surface area contributed by atoms with Crippen molar-refractivity contribution >= 4 is 5.91 Å². The van der Waals surface area contributed by atoms with E-state index in [0.29, 0.717) is 12.1 Å². The molecule has 3 nitrogen and oxygen atoms in total. The number of amides is 1. The van der Waals surface area contributed by atoms with Gasteiger partial charge in [-0.05, 0) is 31.5 Å². The van der Waals surface area contributed by atoms with Crippen molar-refractivity contribution in [3.63, 3.8) is 0 Å². The minimum Gasteiger partial charge on any atom is -0.348 e. The first-order valence-corrected chi connectivity index (χ1v) is 5.92. The average molecular weight is 240 g/mol. The van der Waals surface area contributed by atoms with Crippen LogP contribution in [0.25, 0.3) is 0 Å². The van der Waals surface area contributed by atoms with Crippen molar-refractivity contribution < 1.29 is 4.79 Å². The highest BCUT2D eigenvalue weighted by Crippen LogP contribution is 2.06. The molecule has 0 saturated heterocycles. The monoisotopic (exact) mass is 240 g/mol. The van der Waals surface area contributed by atoms with Gasteiger partial charge in [0.15, 0.2) is 0 Å². The summed E-state index contributed by atoms with van der Waals surface area (Å²) in [6.45, 7) is 4.41. The molecule has 0 saturated carbocycles. The fourth-order valence-electron chi connectivity index (χ4n) is 1.82. The van der Waals surface area contributed by atoms with Crippen LogP contribution in [0.5, 0.6) is 0 Å². The number of benzene rings is 1. The Morgan fingerprint density at radius 3 is 2.78 bits per heavy atom. The second-order valence-electron chi connectivity index (χ2n) is 4.31. The molecule has 0 bridgehead atoms. The Labute approximate surface area is 107 Å². The summed E-state index contributed by atoms with van der Waals surface area (Å²) in [7, 11) is 0. The standard InChI is InChI=1S/C15H16N2O/c1-11-5-3-6-13(9-11)10-17-15(18)14-7-4-8-16-12(14)2/h3-9H,10H2,1-2H3,(H,17,18). The molecule has 1 heterocycles. The van der Waals surface area contributed by atoms with E-state index in [9.17, 15) is 4.79 Å². The van der Waals surface area contributed by atoms with Crippen LogP contribution >= 0.6 is 0 Å². The summed E-state index contributed by atoms with van der Waals surface area (Å²) in [6.07, 6.45) is 1.69. The van der Waals surface area contributed by atoms with Crippen LogP contribution in [-0.4, -0.2) is 10.9 Å². The van der Waals surface area contributed by atoms with Crippen LogP contribution in [0.15, 0.2) is 42.6 Å². The maximum Gasteiger partial charge on any atom is 0.253 e. The van der Waals surface area contributed by atoms with Gasteiger partial charge in [0, 0.05) is 18.4 Å². The molecule has 1 aromatic carbocycles. The molecule has 0 unspecified atom stereocenters. The third-order valence-electron chi connectivity index (χ3n) is 2.79. The highest BCUT2D eigenvalue weighted by Gasteiger charge is 2.08. The first kappa shape index (κ1) is 12.3. The number of aryl methyl sites for hydroxylation is 2. The summed E-state index contributed by atoms with van der Waals surface area (Å²) < 4.78 is 0. The zero-order valence-electron chi connectivity index (χ0n) is 10.6. The number of hydrogen-bond donors (Lipinski definition) is 1. The third kappa shape index (κ3) is 2.94. The van der Waals surface area contributed by atoms with Crippen LogP contribution in [0.1, 0.15) is 27.2 Å². The summed E-state index contributed by atoms with van der Waals surface area (Å²) in [6, 6.07) is 11.7. The molecular weight excluding hydrogens is 224 g/mol. The lowest BCUT2D eigenvalue weighted by Crippen LogP contribution is -2.23. The normalized spacial score (nSPS) is 10.1. The van der Waals surface area contributed by atoms with Crippen molar-refractivity contribution in [1.29, 1.82) is 0 Å². The Morgan fingerprint density at radius 1 is 1.22 bits per heavy atom. The highest BCUT2D eigenvalue weighted by atomic mass is 16.1. The second kappa shape index (κ2) is 5.45. The van der Waals surface area contributed by atoms with E-state index in [0.717, 1.165) is 11.3 Å². The number of pyridine rings is 1. The maximum atomic E-state index is 12.0. The largest absolute Gasteiger partial charge is 0.348 e. The predicted octanol–water partition coefficient (Wildman–Crippen LogP) is 2.63. The van der Waals surface area contributed by atoms with E-state index in [1.807, 2.05) is 32.0 Å². The van der Waals surface area contributed by atoms with E-state index in [-0.39, 0.29) is 5.91 Å². The van der Waals surface area contributed by atoms with Crippen LogP contribution in [0.2, 0.25) is 0 Å². The van der Waals surface area contributed by atoms with Gasteiger partial charge in [0.05, 0.1) is 5.56 Å². The number of aromatic nitrogens is 1. The van der Waals surface area contributed by atoms with E-state index in [2.05, 4.69) is 16.4 Å². The van der Waals surface area contributed by atoms with Crippen LogP contribution in [0.4, 0.5) is 0 Å². The number of nitrogens with one attached hydrogen (secondary N) is 1. The summed E-state index contributed by atoms with van der Waals surface area (Å²) in [5, 5.41) is 2.90. The molecule has 0 aliphatic rings. The third-order valence-corrected chi connectivity index (χ3v) is 2.79. The average Bonchev–Trinajstić information content (AvgIpc) is 2.37. The molecule has 0 fully saturated rings. The van der Waals surface area contributed by atoms with E-state index in [1.54, 1.807) is 18.3 Å². The second-order valence-corrected chi connectivity index (χ2v) is 4.31. The molecule has 0 aliphatic carbocycles. The molecule has 0 radical (unpaired) electrons. The molecule has 1 N–H and O–H groups in total. The summed E-state index contributed by atoms with van der Waals surface area (Å²) in [4.78, 5) is 16.1. The van der Waals surface area contributed by atoms with Gasteiger partial charge in [-0.2, -0.15) is 0 Å². The Hall–Kier alpha value is -2.16. The summed E-state index contributed by atoms with van der Waals surface area (Å²) in [5.74, 6) is -0.0814. The van der Waals surface area contributed by atoms with Gasteiger partial charge in [0.25, 0.3) is 5.91 Å². The van der Waals surface area contributed by atoms with Crippen molar-refractivity contribution in [2.24, 2.45) is 0 Å². The Bertz CT molecular complexity index is 564.